The van der Waals surface area contributed by atoms with Crippen LogP contribution in [-0.2, 0) is 15.5 Å². The standard InChI is InChI=1S/C61H71NO5SSi2/c1-60(2,3)69(52-28-14-8-15-29-52,53-30-16-9-17-31-53)66-42-24-22-40-62(41-23-25-43-67-70(61(4,5)6,54-32-18-10-19-33-54)55-34-20-11-21-35-55)51-38-36-50(56(46-51)65-47-49-26-12-7-13-27-49)37-39-58-59-57(48-68-58)63-44-45-64-59/h7-21,26-39,46,48H,22-25,40-45,47H2,1-6H3/b39-37+. The van der Waals surface area contributed by atoms with Crippen molar-refractivity contribution in [3.63, 3.8) is 0 Å². The van der Waals surface area contributed by atoms with E-state index in [0.717, 1.165) is 77.7 Å². The molecule has 0 bridgehead atoms. The predicted molar refractivity (Wildman–Crippen MR) is 299 cm³/mol. The molecular formula is C61H71NO5SSi2. The minimum atomic E-state index is -2.65. The van der Waals surface area contributed by atoms with Crippen LogP contribution in [0.4, 0.5) is 5.69 Å². The molecule has 1 aromatic heterocycles. The Morgan fingerprint density at radius 3 is 1.47 bits per heavy atom. The number of ether oxygens (including phenoxy) is 3. The van der Waals surface area contributed by atoms with Crippen molar-refractivity contribution in [2.45, 2.75) is 83.9 Å². The third kappa shape index (κ3) is 11.7. The molecule has 0 unspecified atom stereocenters. The zero-order valence-electron chi connectivity index (χ0n) is 42.1. The average Bonchev–Trinajstić information content (AvgIpc) is 3.80. The second kappa shape index (κ2) is 23.5. The Morgan fingerprint density at radius 2 is 1.00 bits per heavy atom. The number of nitrogens with zero attached hydrogens (tertiary/aromatic N) is 1. The molecule has 1 aliphatic heterocycles. The van der Waals surface area contributed by atoms with E-state index >= 15 is 0 Å². The summed E-state index contributed by atoms with van der Waals surface area (Å²) < 4.78 is 33.3. The molecule has 0 amide bonds. The van der Waals surface area contributed by atoms with Crippen molar-refractivity contribution in [1.29, 1.82) is 0 Å². The Bertz CT molecular complexity index is 2510. The predicted octanol–water partition coefficient (Wildman–Crippen LogP) is 12.8. The van der Waals surface area contributed by atoms with E-state index in [1.54, 1.807) is 11.3 Å². The minimum absolute atomic E-state index is 0.0751. The van der Waals surface area contributed by atoms with E-state index in [1.807, 2.05) is 11.4 Å². The second-order valence-electron chi connectivity index (χ2n) is 20.2. The van der Waals surface area contributed by atoms with Crippen LogP contribution in [0.5, 0.6) is 17.2 Å². The summed E-state index contributed by atoms with van der Waals surface area (Å²) in [5.74, 6) is 2.48. The molecule has 0 N–H and O–H groups in total. The summed E-state index contributed by atoms with van der Waals surface area (Å²) in [5, 5.41) is 7.13. The number of hydrogen-bond donors (Lipinski definition) is 0. The van der Waals surface area contributed by atoms with Crippen LogP contribution in [0.25, 0.3) is 12.2 Å². The monoisotopic (exact) mass is 985 g/mol. The summed E-state index contributed by atoms with van der Waals surface area (Å²) >= 11 is 1.63. The Hall–Kier alpha value is -5.69. The van der Waals surface area contributed by atoms with Crippen LogP contribution in [-0.4, -0.2) is 56.2 Å². The fourth-order valence-corrected chi connectivity index (χ4v) is 20.1. The van der Waals surface area contributed by atoms with Gasteiger partial charge in [0, 0.05) is 49.0 Å². The Labute approximate surface area is 424 Å². The van der Waals surface area contributed by atoms with Crippen LogP contribution in [0, 0.1) is 0 Å². The van der Waals surface area contributed by atoms with Gasteiger partial charge in [-0.25, -0.2) is 0 Å². The zero-order chi connectivity index (χ0) is 48.9. The lowest BCUT2D eigenvalue weighted by Gasteiger charge is -2.43. The SMILES string of the molecule is CC(C)(C)[Si](OCCCCN(CCCCO[Si](c1ccccc1)(c1ccccc1)C(C)(C)C)c1ccc(/C=C/c2scc3c2OCCO3)c(OCc2ccccc2)c1)(c1ccccc1)c1ccccc1. The number of fused-ring (bicyclic) bond motifs is 1. The molecule has 9 heteroatoms. The molecule has 0 aliphatic carbocycles. The molecule has 0 spiro atoms. The van der Waals surface area contributed by atoms with Gasteiger partial charge in [-0.05, 0) is 86.4 Å². The molecule has 2 heterocycles. The summed E-state index contributed by atoms with van der Waals surface area (Å²) in [7, 11) is -5.30. The number of hydrogen-bond acceptors (Lipinski definition) is 7. The van der Waals surface area contributed by atoms with E-state index in [4.69, 9.17) is 23.1 Å². The number of benzene rings is 6. The van der Waals surface area contributed by atoms with Crippen molar-refractivity contribution in [3.8, 4) is 17.2 Å². The molecule has 364 valence electrons. The lowest BCUT2D eigenvalue weighted by molar-refractivity contribution is 0.173. The third-order valence-corrected chi connectivity index (χ3v) is 24.4. The van der Waals surface area contributed by atoms with Crippen LogP contribution in [0.3, 0.4) is 0 Å². The van der Waals surface area contributed by atoms with Crippen LogP contribution in [0.1, 0.15) is 83.2 Å². The Morgan fingerprint density at radius 1 is 0.543 bits per heavy atom. The molecule has 0 saturated carbocycles. The fraction of sp³-hybridized carbons (Fsp3) is 0.311. The van der Waals surface area contributed by atoms with Gasteiger partial charge in [0.2, 0.25) is 0 Å². The van der Waals surface area contributed by atoms with Gasteiger partial charge in [0.05, 0.1) is 4.88 Å². The van der Waals surface area contributed by atoms with Gasteiger partial charge in [-0.2, -0.15) is 0 Å². The van der Waals surface area contributed by atoms with E-state index in [1.165, 1.54) is 20.7 Å². The molecule has 6 aromatic carbocycles. The van der Waals surface area contributed by atoms with E-state index in [0.29, 0.717) is 33.0 Å². The minimum Gasteiger partial charge on any atom is -0.488 e. The van der Waals surface area contributed by atoms with E-state index in [2.05, 4.69) is 222 Å². The lowest BCUT2D eigenvalue weighted by atomic mass is 10.1. The maximum atomic E-state index is 7.36. The number of unbranched alkanes of at least 4 members (excludes halogenated alkanes) is 2. The van der Waals surface area contributed by atoms with Gasteiger partial charge in [-0.15, -0.1) is 11.3 Å². The van der Waals surface area contributed by atoms with Crippen molar-refractivity contribution >= 4 is 66.6 Å². The normalized spacial score (nSPS) is 13.1. The van der Waals surface area contributed by atoms with Crippen molar-refractivity contribution < 1.29 is 23.1 Å². The maximum Gasteiger partial charge on any atom is 0.261 e. The lowest BCUT2D eigenvalue weighted by Crippen LogP contribution is -2.66. The first-order chi connectivity index (χ1) is 34.0. The first kappa shape index (κ1) is 50.7. The fourth-order valence-electron chi connectivity index (χ4n) is 10.0. The highest BCUT2D eigenvalue weighted by molar-refractivity contribution is 7.11. The van der Waals surface area contributed by atoms with Gasteiger partial charge in [-0.3, -0.25) is 0 Å². The van der Waals surface area contributed by atoms with Crippen molar-refractivity contribution in [2.75, 3.05) is 44.4 Å². The molecule has 0 radical (unpaired) electrons. The first-order valence-corrected chi connectivity index (χ1v) is 29.8. The summed E-state index contributed by atoms with van der Waals surface area (Å²) in [6.07, 6.45) is 8.09. The molecule has 6 nitrogen and oxygen atoms in total. The van der Waals surface area contributed by atoms with Gasteiger partial charge in [0.1, 0.15) is 25.6 Å². The van der Waals surface area contributed by atoms with Crippen LogP contribution >= 0.6 is 11.3 Å². The first-order valence-electron chi connectivity index (χ1n) is 25.1. The Balaban J connectivity index is 1.05. The molecule has 0 saturated heterocycles. The summed E-state index contributed by atoms with van der Waals surface area (Å²) in [6, 6.07) is 61.0. The van der Waals surface area contributed by atoms with Gasteiger partial charge in [0.25, 0.3) is 16.6 Å². The van der Waals surface area contributed by atoms with E-state index < -0.39 is 16.6 Å². The molecule has 0 fully saturated rings. The van der Waals surface area contributed by atoms with Crippen LogP contribution < -0.4 is 39.9 Å². The molecular weight excluding hydrogens is 915 g/mol. The molecule has 1 aliphatic rings. The van der Waals surface area contributed by atoms with Gasteiger partial charge in [-0.1, -0.05) is 193 Å². The smallest absolute Gasteiger partial charge is 0.261 e. The van der Waals surface area contributed by atoms with Gasteiger partial charge < -0.3 is 28.0 Å². The molecule has 7 aromatic rings. The largest absolute Gasteiger partial charge is 0.488 e. The van der Waals surface area contributed by atoms with Crippen molar-refractivity contribution in [1.82, 2.24) is 0 Å². The topological polar surface area (TPSA) is 49.4 Å². The van der Waals surface area contributed by atoms with Crippen molar-refractivity contribution in [2.24, 2.45) is 0 Å². The Kier molecular flexibility index (Phi) is 17.0. The summed E-state index contributed by atoms with van der Waals surface area (Å²) in [4.78, 5) is 3.59. The highest BCUT2D eigenvalue weighted by atomic mass is 32.1. The molecule has 0 atom stereocenters. The highest BCUT2D eigenvalue weighted by Crippen LogP contribution is 2.42. The molecule has 8 rings (SSSR count). The maximum absolute atomic E-state index is 7.36. The van der Waals surface area contributed by atoms with E-state index in [-0.39, 0.29) is 10.1 Å². The third-order valence-electron chi connectivity index (χ3n) is 13.5. The summed E-state index contributed by atoms with van der Waals surface area (Å²) in [6.45, 7) is 18.8. The summed E-state index contributed by atoms with van der Waals surface area (Å²) in [5.41, 5.74) is 3.28. The average molecular weight is 986 g/mol. The highest BCUT2D eigenvalue weighted by Gasteiger charge is 2.51. The zero-order valence-corrected chi connectivity index (χ0v) is 44.9. The van der Waals surface area contributed by atoms with Crippen molar-refractivity contribution in [3.05, 3.63) is 191 Å². The number of anilines is 1. The van der Waals surface area contributed by atoms with E-state index in [9.17, 15) is 0 Å². The van der Waals surface area contributed by atoms with Crippen LogP contribution in [0.15, 0.2) is 175 Å². The number of rotatable bonds is 22. The van der Waals surface area contributed by atoms with Gasteiger partial charge in [0.15, 0.2) is 11.5 Å². The second-order valence-corrected chi connectivity index (χ2v) is 29.8. The van der Waals surface area contributed by atoms with Crippen LogP contribution in [0.2, 0.25) is 10.1 Å². The quantitative estimate of drug-likeness (QED) is 0.0498. The number of thiophene rings is 1. The molecule has 70 heavy (non-hydrogen) atoms. The van der Waals surface area contributed by atoms with Gasteiger partial charge >= 0.3 is 0 Å².